The van der Waals surface area contributed by atoms with E-state index in [-0.39, 0.29) is 30.5 Å². The van der Waals surface area contributed by atoms with Gasteiger partial charge in [0.05, 0.1) is 28.8 Å². The van der Waals surface area contributed by atoms with Crippen molar-refractivity contribution >= 4 is 39.1 Å². The highest BCUT2D eigenvalue weighted by Crippen LogP contribution is 2.36. The van der Waals surface area contributed by atoms with Gasteiger partial charge in [-0.3, -0.25) is 9.69 Å². The van der Waals surface area contributed by atoms with Crippen LogP contribution in [0.15, 0.2) is 18.2 Å². The number of fused-ring (bicyclic) bond motifs is 1. The van der Waals surface area contributed by atoms with E-state index in [4.69, 9.17) is 23.2 Å². The highest BCUT2D eigenvalue weighted by molar-refractivity contribution is 7.88. The largest absolute Gasteiger partial charge is 0.335 e. The fourth-order valence-electron chi connectivity index (χ4n) is 5.49. The van der Waals surface area contributed by atoms with Crippen LogP contribution >= 0.6 is 23.2 Å². The Bertz CT molecular complexity index is 905. The van der Waals surface area contributed by atoms with Crippen LogP contribution in [0.4, 0.5) is 0 Å². The molecule has 166 valence electrons. The van der Waals surface area contributed by atoms with E-state index >= 15 is 0 Å². The molecule has 0 unspecified atom stereocenters. The Morgan fingerprint density at radius 2 is 1.70 bits per heavy atom. The Kier molecular flexibility index (Phi) is 6.66. The van der Waals surface area contributed by atoms with Crippen LogP contribution in [-0.2, 0) is 21.2 Å². The molecule has 3 fully saturated rings. The summed E-state index contributed by atoms with van der Waals surface area (Å²) < 4.78 is 26.6. The molecule has 1 saturated carbocycles. The van der Waals surface area contributed by atoms with Crippen molar-refractivity contribution in [3.8, 4) is 0 Å². The number of rotatable bonds is 4. The number of benzene rings is 1. The highest BCUT2D eigenvalue weighted by Gasteiger charge is 2.49. The van der Waals surface area contributed by atoms with Gasteiger partial charge in [-0.25, -0.2) is 8.42 Å². The zero-order chi connectivity index (χ0) is 21.5. The fraction of sp³-hybridized carbons (Fsp3) is 0.667. The van der Waals surface area contributed by atoms with Crippen LogP contribution in [-0.4, -0.2) is 79.0 Å². The lowest BCUT2D eigenvalue weighted by Crippen LogP contribution is -2.69. The first-order valence-electron chi connectivity index (χ1n) is 10.7. The lowest BCUT2D eigenvalue weighted by atomic mass is 9.82. The number of halogens is 2. The number of hydrogen-bond acceptors (Lipinski definition) is 4. The van der Waals surface area contributed by atoms with Crippen molar-refractivity contribution in [2.45, 2.75) is 56.7 Å². The van der Waals surface area contributed by atoms with Gasteiger partial charge in [-0.05, 0) is 56.5 Å². The number of nitrogens with zero attached hydrogens (tertiary/aromatic N) is 3. The maximum atomic E-state index is 13.4. The third-order valence-electron chi connectivity index (χ3n) is 6.77. The lowest BCUT2D eigenvalue weighted by molar-refractivity contribution is -0.140. The van der Waals surface area contributed by atoms with E-state index in [0.717, 1.165) is 37.9 Å². The van der Waals surface area contributed by atoms with Gasteiger partial charge in [-0.2, -0.15) is 4.31 Å². The van der Waals surface area contributed by atoms with Gasteiger partial charge >= 0.3 is 0 Å². The summed E-state index contributed by atoms with van der Waals surface area (Å²) in [6, 6.07) is 5.25. The third-order valence-corrected chi connectivity index (χ3v) is 8.82. The molecule has 9 heteroatoms. The molecule has 30 heavy (non-hydrogen) atoms. The van der Waals surface area contributed by atoms with E-state index in [1.165, 1.54) is 19.1 Å². The molecule has 3 atom stereocenters. The Labute approximate surface area is 189 Å². The molecule has 3 aliphatic rings. The highest BCUT2D eigenvalue weighted by atomic mass is 35.5. The number of sulfonamides is 1. The maximum Gasteiger partial charge on any atom is 0.227 e. The van der Waals surface area contributed by atoms with E-state index in [1.807, 2.05) is 11.0 Å². The van der Waals surface area contributed by atoms with Crippen molar-refractivity contribution in [1.82, 2.24) is 14.1 Å². The van der Waals surface area contributed by atoms with Crippen LogP contribution < -0.4 is 0 Å². The Morgan fingerprint density at radius 1 is 1.00 bits per heavy atom. The van der Waals surface area contributed by atoms with Gasteiger partial charge in [0.25, 0.3) is 0 Å². The molecule has 0 aromatic heterocycles. The first-order chi connectivity index (χ1) is 14.3. The molecule has 6 nitrogen and oxygen atoms in total. The zero-order valence-corrected chi connectivity index (χ0v) is 19.6. The smallest absolute Gasteiger partial charge is 0.227 e. The van der Waals surface area contributed by atoms with E-state index in [1.54, 1.807) is 16.4 Å². The summed E-state index contributed by atoms with van der Waals surface area (Å²) in [6.07, 6.45) is 6.67. The summed E-state index contributed by atoms with van der Waals surface area (Å²) in [5, 5.41) is 0.908. The summed E-state index contributed by atoms with van der Waals surface area (Å²) in [5.41, 5.74) is 0.824. The third kappa shape index (κ3) is 4.51. The molecule has 1 aromatic rings. The van der Waals surface area contributed by atoms with Gasteiger partial charge in [-0.15, -0.1) is 0 Å². The molecule has 1 aliphatic carbocycles. The van der Waals surface area contributed by atoms with Crippen LogP contribution in [0.1, 0.15) is 37.7 Å². The molecule has 0 radical (unpaired) electrons. The molecule has 0 spiro atoms. The van der Waals surface area contributed by atoms with Crippen LogP contribution in [0.25, 0.3) is 0 Å². The quantitative estimate of drug-likeness (QED) is 0.673. The number of amides is 1. The predicted molar refractivity (Wildman–Crippen MR) is 119 cm³/mol. The SMILES string of the molecule is CS(=O)(=O)N1CCN(C(=O)Cc2ccc(Cl)c(Cl)c2)[C@@H]2[C@@H](N3CCCC3)CCC[C@@H]21. The van der Waals surface area contributed by atoms with Crippen molar-refractivity contribution in [1.29, 1.82) is 0 Å². The van der Waals surface area contributed by atoms with Crippen molar-refractivity contribution in [2.24, 2.45) is 0 Å². The van der Waals surface area contributed by atoms with Crippen LogP contribution in [0.2, 0.25) is 10.0 Å². The van der Waals surface area contributed by atoms with E-state index in [0.29, 0.717) is 23.1 Å². The first kappa shape index (κ1) is 22.3. The molecule has 2 saturated heterocycles. The van der Waals surface area contributed by atoms with Gasteiger partial charge in [0.15, 0.2) is 0 Å². The topological polar surface area (TPSA) is 60.9 Å². The number of hydrogen-bond donors (Lipinski definition) is 0. The molecule has 1 amide bonds. The van der Waals surface area contributed by atoms with Crippen LogP contribution in [0.5, 0.6) is 0 Å². The first-order valence-corrected chi connectivity index (χ1v) is 13.3. The van der Waals surface area contributed by atoms with E-state index in [9.17, 15) is 13.2 Å². The van der Waals surface area contributed by atoms with Crippen LogP contribution in [0, 0.1) is 0 Å². The zero-order valence-electron chi connectivity index (χ0n) is 17.3. The van der Waals surface area contributed by atoms with E-state index < -0.39 is 10.0 Å². The van der Waals surface area contributed by atoms with Crippen molar-refractivity contribution < 1.29 is 13.2 Å². The molecule has 2 aliphatic heterocycles. The van der Waals surface area contributed by atoms with Gasteiger partial charge in [0, 0.05) is 25.2 Å². The molecule has 4 rings (SSSR count). The van der Waals surface area contributed by atoms with Crippen molar-refractivity contribution in [3.63, 3.8) is 0 Å². The number of piperazine rings is 1. The van der Waals surface area contributed by atoms with Gasteiger partial charge in [0.1, 0.15) is 0 Å². The molecule has 0 bridgehead atoms. The standard InChI is InChI=1S/C21H29Cl2N3O3S/c1-30(28,29)26-12-11-25(20(27)14-15-7-8-16(22)17(23)13-15)21-18(5-4-6-19(21)26)24-9-2-3-10-24/h7-8,13,18-19,21H,2-6,9-12,14H2,1H3/t18-,19-,21+/m0/s1. The normalized spacial score (nSPS) is 28.5. The van der Waals surface area contributed by atoms with Crippen molar-refractivity contribution in [3.05, 3.63) is 33.8 Å². The number of carbonyl (C=O) groups excluding carboxylic acids is 1. The molecule has 2 heterocycles. The molecule has 0 N–H and O–H groups in total. The Balaban J connectivity index is 1.62. The second-order valence-corrected chi connectivity index (χ2v) is 11.4. The molecular weight excluding hydrogens is 445 g/mol. The minimum atomic E-state index is -3.32. The van der Waals surface area contributed by atoms with Gasteiger partial charge < -0.3 is 4.90 Å². The summed E-state index contributed by atoms with van der Waals surface area (Å²) in [5.74, 6) is 0.0302. The van der Waals surface area contributed by atoms with Crippen molar-refractivity contribution in [2.75, 3.05) is 32.4 Å². The predicted octanol–water partition coefficient (Wildman–Crippen LogP) is 3.03. The summed E-state index contributed by atoms with van der Waals surface area (Å²) in [4.78, 5) is 17.8. The second kappa shape index (κ2) is 8.94. The average molecular weight is 474 g/mol. The maximum absolute atomic E-state index is 13.4. The Hall–Kier alpha value is -0.860. The lowest BCUT2D eigenvalue weighted by Gasteiger charge is -2.53. The fourth-order valence-corrected chi connectivity index (χ4v) is 6.94. The summed E-state index contributed by atoms with van der Waals surface area (Å²) in [6.45, 7) is 2.85. The van der Waals surface area contributed by atoms with Gasteiger partial charge in [0.2, 0.25) is 15.9 Å². The molecular formula is C21H29Cl2N3O3S. The second-order valence-electron chi connectivity index (χ2n) is 8.69. The summed E-state index contributed by atoms with van der Waals surface area (Å²) >= 11 is 12.1. The number of likely N-dealkylation sites (tertiary alicyclic amines) is 1. The summed E-state index contributed by atoms with van der Waals surface area (Å²) in [7, 11) is -3.32. The van der Waals surface area contributed by atoms with E-state index in [2.05, 4.69) is 4.90 Å². The monoisotopic (exact) mass is 473 g/mol. The minimum Gasteiger partial charge on any atom is -0.335 e. The molecule has 1 aromatic carbocycles. The number of carbonyl (C=O) groups is 1. The minimum absolute atomic E-state index is 0.0302. The average Bonchev–Trinajstić information content (AvgIpc) is 3.23. The van der Waals surface area contributed by atoms with Crippen LogP contribution in [0.3, 0.4) is 0 Å². The van der Waals surface area contributed by atoms with Gasteiger partial charge in [-0.1, -0.05) is 35.7 Å². The Morgan fingerprint density at radius 3 is 2.37 bits per heavy atom.